The van der Waals surface area contributed by atoms with E-state index in [2.05, 4.69) is 11.8 Å². The molecule has 0 saturated heterocycles. The van der Waals surface area contributed by atoms with Crippen LogP contribution in [-0.2, 0) is 11.2 Å². The van der Waals surface area contributed by atoms with Crippen LogP contribution < -0.4 is 10.6 Å². The second-order valence-corrected chi connectivity index (χ2v) is 4.34. The molecule has 0 amide bonds. The van der Waals surface area contributed by atoms with E-state index in [0.29, 0.717) is 0 Å². The molecule has 1 aliphatic heterocycles. The van der Waals surface area contributed by atoms with Crippen molar-refractivity contribution in [2.45, 2.75) is 19.3 Å². The predicted molar refractivity (Wildman–Crippen MR) is 67.5 cm³/mol. The van der Waals surface area contributed by atoms with E-state index in [-0.39, 0.29) is 6.54 Å². The average molecular weight is 234 g/mol. The highest BCUT2D eigenvalue weighted by Crippen LogP contribution is 2.30. The summed E-state index contributed by atoms with van der Waals surface area (Å²) in [5.41, 5.74) is 8.80. The molecule has 2 rings (SSSR count). The fraction of sp³-hybridized carbons (Fsp3) is 0.462. The number of fused-ring (bicyclic) bond motifs is 1. The van der Waals surface area contributed by atoms with Crippen LogP contribution in [0.4, 0.5) is 5.69 Å². The van der Waals surface area contributed by atoms with Crippen LogP contribution in [-0.4, -0.2) is 30.7 Å². The quantitative estimate of drug-likeness (QED) is 0.821. The summed E-state index contributed by atoms with van der Waals surface area (Å²) in [4.78, 5) is 13.4. The van der Waals surface area contributed by atoms with Gasteiger partial charge >= 0.3 is 5.97 Å². The van der Waals surface area contributed by atoms with E-state index in [9.17, 15) is 4.79 Å². The molecule has 0 fully saturated rings. The zero-order valence-corrected chi connectivity index (χ0v) is 10.0. The van der Waals surface area contributed by atoms with Crippen molar-refractivity contribution in [2.75, 3.05) is 24.5 Å². The van der Waals surface area contributed by atoms with Crippen molar-refractivity contribution >= 4 is 11.7 Å². The summed E-state index contributed by atoms with van der Waals surface area (Å²) in [5, 5.41) is 9.08. The van der Waals surface area contributed by atoms with Gasteiger partial charge in [0.2, 0.25) is 0 Å². The second kappa shape index (κ2) is 4.75. The number of benzene rings is 1. The second-order valence-electron chi connectivity index (χ2n) is 4.34. The average Bonchev–Trinajstić information content (AvgIpc) is 2.71. The number of anilines is 1. The first-order chi connectivity index (χ1) is 8.17. The normalized spacial score (nSPS) is 15.8. The van der Waals surface area contributed by atoms with Crippen LogP contribution in [0.2, 0.25) is 0 Å². The fourth-order valence-corrected chi connectivity index (χ4v) is 2.41. The molecule has 0 aliphatic carbocycles. The molecule has 0 bridgehead atoms. The van der Waals surface area contributed by atoms with Crippen molar-refractivity contribution in [3.63, 3.8) is 0 Å². The molecule has 0 spiro atoms. The van der Waals surface area contributed by atoms with Crippen molar-refractivity contribution in [1.82, 2.24) is 0 Å². The summed E-state index contributed by atoms with van der Waals surface area (Å²) < 4.78 is 0. The number of nitrogens with zero attached hydrogens (tertiary/aromatic N) is 1. The summed E-state index contributed by atoms with van der Waals surface area (Å²) in [6.45, 7) is 4.29. The fourth-order valence-electron chi connectivity index (χ4n) is 2.41. The van der Waals surface area contributed by atoms with Crippen LogP contribution in [0, 0.1) is 0 Å². The van der Waals surface area contributed by atoms with E-state index >= 15 is 0 Å². The highest BCUT2D eigenvalue weighted by molar-refractivity contribution is 5.77. The van der Waals surface area contributed by atoms with Crippen molar-refractivity contribution in [3.05, 3.63) is 29.3 Å². The molecular formula is C13H18N2O2. The molecule has 3 N–H and O–H groups in total. The number of likely N-dealkylation sites (N-methyl/N-ethyl adjacent to an activating group) is 1. The Hall–Kier alpha value is -1.55. The predicted octanol–water partition coefficient (Wildman–Crippen LogP) is 1.20. The Kier molecular flexibility index (Phi) is 3.33. The van der Waals surface area contributed by atoms with Gasteiger partial charge in [0, 0.05) is 25.3 Å². The Morgan fingerprint density at radius 2 is 2.35 bits per heavy atom. The number of rotatable bonds is 4. The Labute approximate surface area is 101 Å². The van der Waals surface area contributed by atoms with Crippen LogP contribution in [0.3, 0.4) is 0 Å². The summed E-state index contributed by atoms with van der Waals surface area (Å²) in [6.07, 6.45) is 0.994. The minimum Gasteiger partial charge on any atom is -0.481 e. The molecule has 0 radical (unpaired) electrons. The summed E-state index contributed by atoms with van der Waals surface area (Å²) in [5.74, 6) is -1.44. The third-order valence-corrected chi connectivity index (χ3v) is 3.41. The highest BCUT2D eigenvalue weighted by atomic mass is 16.4. The molecule has 1 atom stereocenters. The number of hydrogen-bond donors (Lipinski definition) is 2. The van der Waals surface area contributed by atoms with Crippen LogP contribution in [0.5, 0.6) is 0 Å². The van der Waals surface area contributed by atoms with E-state index in [0.717, 1.165) is 25.1 Å². The van der Waals surface area contributed by atoms with Gasteiger partial charge in [-0.1, -0.05) is 12.1 Å². The van der Waals surface area contributed by atoms with E-state index in [4.69, 9.17) is 10.8 Å². The van der Waals surface area contributed by atoms with Crippen LogP contribution >= 0.6 is 0 Å². The minimum absolute atomic E-state index is 0.144. The first-order valence-electron chi connectivity index (χ1n) is 5.98. The summed E-state index contributed by atoms with van der Waals surface area (Å²) >= 11 is 0. The molecule has 4 heteroatoms. The molecule has 0 saturated carbocycles. The Morgan fingerprint density at radius 3 is 2.94 bits per heavy atom. The summed E-state index contributed by atoms with van der Waals surface area (Å²) in [7, 11) is 0. The Morgan fingerprint density at radius 1 is 1.59 bits per heavy atom. The van der Waals surface area contributed by atoms with Crippen molar-refractivity contribution in [3.8, 4) is 0 Å². The van der Waals surface area contributed by atoms with E-state index in [1.54, 1.807) is 0 Å². The highest BCUT2D eigenvalue weighted by Gasteiger charge is 2.22. The first kappa shape index (κ1) is 11.9. The largest absolute Gasteiger partial charge is 0.481 e. The van der Waals surface area contributed by atoms with Crippen LogP contribution in [0.1, 0.15) is 24.0 Å². The van der Waals surface area contributed by atoms with Gasteiger partial charge < -0.3 is 15.7 Å². The smallest absolute Gasteiger partial charge is 0.312 e. The van der Waals surface area contributed by atoms with Gasteiger partial charge in [-0.3, -0.25) is 4.79 Å². The number of carbonyl (C=O) groups is 1. The zero-order valence-electron chi connectivity index (χ0n) is 10.0. The topological polar surface area (TPSA) is 66.6 Å². The van der Waals surface area contributed by atoms with Gasteiger partial charge in [-0.15, -0.1) is 0 Å². The SMILES string of the molecule is CCN1CCc2cc(C(CN)C(=O)O)ccc21. The van der Waals surface area contributed by atoms with Crippen molar-refractivity contribution in [2.24, 2.45) is 5.73 Å². The van der Waals surface area contributed by atoms with Gasteiger partial charge in [-0.2, -0.15) is 0 Å². The molecule has 0 aromatic heterocycles. The third kappa shape index (κ3) is 2.13. The molecular weight excluding hydrogens is 216 g/mol. The van der Waals surface area contributed by atoms with Gasteiger partial charge in [0.1, 0.15) is 0 Å². The van der Waals surface area contributed by atoms with Crippen LogP contribution in [0.25, 0.3) is 0 Å². The Balaban J connectivity index is 2.32. The number of hydrogen-bond acceptors (Lipinski definition) is 3. The van der Waals surface area contributed by atoms with Gasteiger partial charge in [0.05, 0.1) is 5.92 Å². The third-order valence-electron chi connectivity index (χ3n) is 3.41. The maximum Gasteiger partial charge on any atom is 0.312 e. The Bertz CT molecular complexity index is 431. The van der Waals surface area contributed by atoms with Crippen molar-refractivity contribution in [1.29, 1.82) is 0 Å². The number of carboxylic acid groups (broad SMARTS) is 1. The lowest BCUT2D eigenvalue weighted by atomic mass is 9.96. The molecule has 1 aromatic rings. The molecule has 4 nitrogen and oxygen atoms in total. The van der Waals surface area contributed by atoms with E-state index in [1.807, 2.05) is 18.2 Å². The van der Waals surface area contributed by atoms with Crippen LogP contribution in [0.15, 0.2) is 18.2 Å². The standard InChI is InChI=1S/C13H18N2O2/c1-2-15-6-5-10-7-9(3-4-12(10)15)11(8-14)13(16)17/h3-4,7,11H,2,5-6,8,14H2,1H3,(H,16,17). The van der Waals surface area contributed by atoms with E-state index in [1.165, 1.54) is 11.3 Å². The lowest BCUT2D eigenvalue weighted by Crippen LogP contribution is -2.21. The molecule has 1 aliphatic rings. The molecule has 17 heavy (non-hydrogen) atoms. The maximum absolute atomic E-state index is 11.1. The number of carboxylic acids is 1. The number of aliphatic carboxylic acids is 1. The monoisotopic (exact) mass is 234 g/mol. The van der Waals surface area contributed by atoms with E-state index < -0.39 is 11.9 Å². The summed E-state index contributed by atoms with van der Waals surface area (Å²) in [6, 6.07) is 5.90. The molecule has 92 valence electrons. The van der Waals surface area contributed by atoms with Gasteiger partial charge in [0.15, 0.2) is 0 Å². The lowest BCUT2D eigenvalue weighted by Gasteiger charge is -2.17. The van der Waals surface area contributed by atoms with Crippen molar-refractivity contribution < 1.29 is 9.90 Å². The van der Waals surface area contributed by atoms with Gasteiger partial charge in [-0.05, 0) is 30.5 Å². The lowest BCUT2D eigenvalue weighted by molar-refractivity contribution is -0.138. The van der Waals surface area contributed by atoms with Gasteiger partial charge in [0.25, 0.3) is 0 Å². The minimum atomic E-state index is -0.849. The molecule has 1 heterocycles. The number of nitrogens with two attached hydrogens (primary N) is 1. The molecule has 1 aromatic carbocycles. The maximum atomic E-state index is 11.1. The first-order valence-corrected chi connectivity index (χ1v) is 5.98. The molecule has 1 unspecified atom stereocenters. The van der Waals surface area contributed by atoms with Gasteiger partial charge in [-0.25, -0.2) is 0 Å². The zero-order chi connectivity index (χ0) is 12.4.